The Morgan fingerprint density at radius 1 is 1.00 bits per heavy atom. The van der Waals surface area contributed by atoms with Gasteiger partial charge in [-0.3, -0.25) is 0 Å². The van der Waals surface area contributed by atoms with E-state index in [1.54, 1.807) is 6.07 Å². The third kappa shape index (κ3) is 3.90. The summed E-state index contributed by atoms with van der Waals surface area (Å²) in [5, 5.41) is 10.3. The van der Waals surface area contributed by atoms with Gasteiger partial charge in [0.1, 0.15) is 12.3 Å². The highest BCUT2D eigenvalue weighted by Gasteiger charge is 2.31. The largest absolute Gasteiger partial charge is 0.507 e. The van der Waals surface area contributed by atoms with E-state index >= 15 is 0 Å². The van der Waals surface area contributed by atoms with Crippen LogP contribution < -0.4 is 9.80 Å². The number of phenolic OH excluding ortho intramolecular Hbond substituents is 1. The Balaban J connectivity index is 1.40. The van der Waals surface area contributed by atoms with E-state index in [1.807, 2.05) is 11.0 Å². The van der Waals surface area contributed by atoms with E-state index in [-0.39, 0.29) is 0 Å². The number of halogens is 3. The maximum atomic E-state index is 12.9. The molecule has 0 unspecified atom stereocenters. The summed E-state index contributed by atoms with van der Waals surface area (Å²) in [5.41, 5.74) is 3.63. The van der Waals surface area contributed by atoms with E-state index in [2.05, 4.69) is 6.07 Å². The fourth-order valence-electron chi connectivity index (χ4n) is 4.21. The first-order chi connectivity index (χ1) is 12.9. The number of benzene rings is 2. The van der Waals surface area contributed by atoms with Gasteiger partial charge in [0, 0.05) is 11.3 Å². The number of rotatable bonds is 3. The smallest absolute Gasteiger partial charge is 0.416 e. The quantitative estimate of drug-likeness (QED) is 0.861. The highest BCUT2D eigenvalue weighted by atomic mass is 19.4. The van der Waals surface area contributed by atoms with Crippen LogP contribution in [0.1, 0.15) is 28.7 Å². The van der Waals surface area contributed by atoms with Crippen LogP contribution in [0.3, 0.4) is 0 Å². The van der Waals surface area contributed by atoms with Crippen molar-refractivity contribution < 1.29 is 23.2 Å². The zero-order valence-electron chi connectivity index (χ0n) is 15.1. The Bertz CT molecular complexity index is 827. The molecule has 27 heavy (non-hydrogen) atoms. The van der Waals surface area contributed by atoms with E-state index in [4.69, 9.17) is 0 Å². The van der Waals surface area contributed by atoms with Crippen molar-refractivity contribution in [1.29, 1.82) is 0 Å². The van der Waals surface area contributed by atoms with Crippen LogP contribution in [0, 0.1) is 0 Å². The number of nitrogens with zero attached hydrogens (tertiary/aromatic N) is 1. The zero-order chi connectivity index (χ0) is 19.0. The molecule has 3 nitrogen and oxygen atoms in total. The molecule has 1 saturated heterocycles. The summed E-state index contributed by atoms with van der Waals surface area (Å²) < 4.78 is 38.8. The first-order valence-electron chi connectivity index (χ1n) is 9.49. The highest BCUT2D eigenvalue weighted by Crippen LogP contribution is 2.32. The molecule has 1 fully saturated rings. The molecule has 1 aliphatic heterocycles. The molecule has 0 spiro atoms. The van der Waals surface area contributed by atoms with Crippen LogP contribution in [0.5, 0.6) is 5.75 Å². The fourth-order valence-corrected chi connectivity index (χ4v) is 4.21. The van der Waals surface area contributed by atoms with Crippen LogP contribution in [0.2, 0.25) is 0 Å². The molecule has 0 bridgehead atoms. The first-order valence-corrected chi connectivity index (χ1v) is 9.49. The van der Waals surface area contributed by atoms with E-state index in [0.717, 1.165) is 50.5 Å². The molecule has 2 N–H and O–H groups in total. The predicted molar refractivity (Wildman–Crippen MR) is 98.2 cm³/mol. The molecule has 6 heteroatoms. The van der Waals surface area contributed by atoms with Gasteiger partial charge >= 0.3 is 6.18 Å². The number of nitrogens with one attached hydrogen (secondary N) is 1. The third-order valence-corrected chi connectivity index (χ3v) is 5.74. The van der Waals surface area contributed by atoms with Gasteiger partial charge in [-0.05, 0) is 60.7 Å². The molecule has 0 aromatic heterocycles. The maximum Gasteiger partial charge on any atom is 0.416 e. The average Bonchev–Trinajstić information content (AvgIpc) is 3.09. The normalized spacial score (nSPS) is 18.0. The van der Waals surface area contributed by atoms with Crippen LogP contribution >= 0.6 is 0 Å². The molecular weight excluding hydrogens is 353 g/mol. The van der Waals surface area contributed by atoms with E-state index in [9.17, 15) is 18.3 Å². The number of aryl methyl sites for hydroxylation is 2. The van der Waals surface area contributed by atoms with Crippen LogP contribution in [0.25, 0.3) is 0 Å². The molecule has 4 rings (SSSR count). The van der Waals surface area contributed by atoms with Crippen molar-refractivity contribution in [3.8, 4) is 5.75 Å². The average molecular weight is 377 g/mol. The Morgan fingerprint density at radius 2 is 1.70 bits per heavy atom. The van der Waals surface area contributed by atoms with Gasteiger partial charge < -0.3 is 14.9 Å². The van der Waals surface area contributed by atoms with Crippen molar-refractivity contribution in [2.45, 2.75) is 32.0 Å². The summed E-state index contributed by atoms with van der Waals surface area (Å²) in [6, 6.07) is 9.62. The Kier molecular flexibility index (Phi) is 4.76. The second-order valence-electron chi connectivity index (χ2n) is 7.57. The van der Waals surface area contributed by atoms with Crippen LogP contribution in [0.4, 0.5) is 18.9 Å². The molecule has 1 aliphatic carbocycles. The van der Waals surface area contributed by atoms with Crippen molar-refractivity contribution in [2.75, 3.05) is 31.1 Å². The van der Waals surface area contributed by atoms with E-state index in [1.165, 1.54) is 28.2 Å². The van der Waals surface area contributed by atoms with Crippen LogP contribution in [0.15, 0.2) is 36.4 Å². The van der Waals surface area contributed by atoms with Gasteiger partial charge in [-0.2, -0.15) is 13.2 Å². The van der Waals surface area contributed by atoms with Crippen LogP contribution in [-0.4, -0.2) is 31.3 Å². The van der Waals surface area contributed by atoms with Gasteiger partial charge in [-0.25, -0.2) is 0 Å². The fraction of sp³-hybridized carbons (Fsp3) is 0.429. The standard InChI is InChI=1S/C21H23F3N2O/c22-21(23,24)18-5-2-6-19(13-18)26-9-7-25(8-10-26)14-17-11-15-3-1-4-16(15)12-20(17)27/h2,5-6,11-13,27H,1,3-4,7-10,14H2/p+1. The van der Waals surface area contributed by atoms with Gasteiger partial charge in [0.15, 0.2) is 0 Å². The molecule has 144 valence electrons. The lowest BCUT2D eigenvalue weighted by Gasteiger charge is -2.34. The summed E-state index contributed by atoms with van der Waals surface area (Å²) in [6.07, 6.45) is -1.03. The van der Waals surface area contributed by atoms with Crippen molar-refractivity contribution in [3.05, 3.63) is 58.7 Å². The van der Waals surface area contributed by atoms with Gasteiger partial charge in [0.05, 0.1) is 31.7 Å². The van der Waals surface area contributed by atoms with Crippen molar-refractivity contribution in [2.24, 2.45) is 0 Å². The molecule has 2 aromatic carbocycles. The minimum absolute atomic E-state index is 0.378. The molecule has 0 amide bonds. The summed E-state index contributed by atoms with van der Waals surface area (Å²) in [4.78, 5) is 3.37. The molecule has 2 aromatic rings. The summed E-state index contributed by atoms with van der Waals surface area (Å²) in [6.45, 7) is 3.86. The van der Waals surface area contributed by atoms with Crippen molar-refractivity contribution in [1.82, 2.24) is 0 Å². The Morgan fingerprint density at radius 3 is 2.41 bits per heavy atom. The minimum Gasteiger partial charge on any atom is -0.507 e. The van der Waals surface area contributed by atoms with Gasteiger partial charge in [0.2, 0.25) is 0 Å². The van der Waals surface area contributed by atoms with Gasteiger partial charge in [-0.15, -0.1) is 0 Å². The number of alkyl halides is 3. The van der Waals surface area contributed by atoms with E-state index < -0.39 is 11.7 Å². The van der Waals surface area contributed by atoms with Gasteiger partial charge in [0.25, 0.3) is 0 Å². The second-order valence-corrected chi connectivity index (χ2v) is 7.57. The lowest BCUT2D eigenvalue weighted by Crippen LogP contribution is -3.13. The summed E-state index contributed by atoms with van der Waals surface area (Å²) in [5.74, 6) is 0.378. The van der Waals surface area contributed by atoms with Crippen molar-refractivity contribution in [3.63, 3.8) is 0 Å². The number of phenols is 1. The topological polar surface area (TPSA) is 27.9 Å². The summed E-state index contributed by atoms with van der Waals surface area (Å²) >= 11 is 0. The lowest BCUT2D eigenvalue weighted by atomic mass is 10.0. The number of piperazine rings is 1. The number of hydrogen-bond acceptors (Lipinski definition) is 2. The Hall–Kier alpha value is -2.21. The lowest BCUT2D eigenvalue weighted by molar-refractivity contribution is -0.914. The number of hydrogen-bond donors (Lipinski definition) is 2. The monoisotopic (exact) mass is 377 g/mol. The summed E-state index contributed by atoms with van der Waals surface area (Å²) in [7, 11) is 0. The molecule has 0 atom stereocenters. The number of anilines is 1. The predicted octanol–water partition coefficient (Wildman–Crippen LogP) is 2.80. The zero-order valence-corrected chi connectivity index (χ0v) is 15.1. The molecule has 2 aliphatic rings. The molecular formula is C21H24F3N2O+. The van der Waals surface area contributed by atoms with E-state index in [0.29, 0.717) is 24.5 Å². The highest BCUT2D eigenvalue weighted by molar-refractivity contribution is 5.49. The number of fused-ring (bicyclic) bond motifs is 1. The minimum atomic E-state index is -4.31. The molecule has 1 heterocycles. The van der Waals surface area contributed by atoms with Crippen LogP contribution in [-0.2, 0) is 25.6 Å². The number of aromatic hydroxyl groups is 1. The molecule has 0 radical (unpaired) electrons. The second kappa shape index (κ2) is 7.08. The molecule has 0 saturated carbocycles. The van der Waals surface area contributed by atoms with Gasteiger partial charge in [-0.1, -0.05) is 6.07 Å². The maximum absolute atomic E-state index is 12.9. The first kappa shape index (κ1) is 18.2. The van der Waals surface area contributed by atoms with Crippen molar-refractivity contribution >= 4 is 5.69 Å². The SMILES string of the molecule is Oc1cc2c(cc1C[NH+]1CCN(c3cccc(C(F)(F)F)c3)CC1)CCC2. The Labute approximate surface area is 157 Å². The third-order valence-electron chi connectivity index (χ3n) is 5.74. The number of quaternary nitrogens is 1.